The zero-order chi connectivity index (χ0) is 10.9. The molecule has 3 unspecified atom stereocenters. The summed E-state index contributed by atoms with van der Waals surface area (Å²) in [5.74, 6) is 0.190. The van der Waals surface area contributed by atoms with Crippen molar-refractivity contribution in [3.63, 3.8) is 0 Å². The van der Waals surface area contributed by atoms with Gasteiger partial charge in [0.15, 0.2) is 6.10 Å². The zero-order valence-corrected chi connectivity index (χ0v) is 7.96. The molecular weight excluding hydrogens is 197 g/mol. The van der Waals surface area contributed by atoms with Gasteiger partial charge in [-0.05, 0) is 5.92 Å². The average Bonchev–Trinajstić information content (AvgIpc) is 2.29. The third-order valence-electron chi connectivity index (χ3n) is 2.56. The van der Waals surface area contributed by atoms with Gasteiger partial charge in [-0.2, -0.15) is 13.2 Å². The van der Waals surface area contributed by atoms with Crippen LogP contribution in [0.1, 0.15) is 6.92 Å². The highest BCUT2D eigenvalue weighted by Gasteiger charge is 2.40. The van der Waals surface area contributed by atoms with E-state index >= 15 is 0 Å². The summed E-state index contributed by atoms with van der Waals surface area (Å²) >= 11 is 0. The molecule has 0 aromatic rings. The lowest BCUT2D eigenvalue weighted by Crippen LogP contribution is -2.40. The number of nitrogens with zero attached hydrogens (tertiary/aromatic N) is 1. The maximum atomic E-state index is 12.0. The van der Waals surface area contributed by atoms with E-state index in [1.807, 2.05) is 6.92 Å². The van der Waals surface area contributed by atoms with Crippen molar-refractivity contribution in [2.45, 2.75) is 25.2 Å². The van der Waals surface area contributed by atoms with Crippen LogP contribution < -0.4 is 5.73 Å². The highest BCUT2D eigenvalue weighted by molar-refractivity contribution is 4.85. The van der Waals surface area contributed by atoms with Crippen LogP contribution >= 0.6 is 0 Å². The van der Waals surface area contributed by atoms with E-state index in [0.717, 1.165) is 0 Å². The Morgan fingerprint density at radius 3 is 2.43 bits per heavy atom. The van der Waals surface area contributed by atoms with Crippen LogP contribution in [0.2, 0.25) is 0 Å². The van der Waals surface area contributed by atoms with Gasteiger partial charge in [0.2, 0.25) is 0 Å². The Hall–Kier alpha value is -0.330. The molecule has 1 saturated heterocycles. The zero-order valence-electron chi connectivity index (χ0n) is 7.96. The fourth-order valence-corrected chi connectivity index (χ4v) is 1.59. The first kappa shape index (κ1) is 11.7. The van der Waals surface area contributed by atoms with Crippen LogP contribution in [0.4, 0.5) is 13.2 Å². The van der Waals surface area contributed by atoms with Crippen molar-refractivity contribution in [2.75, 3.05) is 19.6 Å². The number of aliphatic hydroxyl groups is 1. The minimum atomic E-state index is -4.53. The second-order valence-corrected chi connectivity index (χ2v) is 3.92. The number of likely N-dealkylation sites (tertiary alicyclic amines) is 1. The number of hydrogen-bond acceptors (Lipinski definition) is 3. The predicted molar refractivity (Wildman–Crippen MR) is 45.6 cm³/mol. The second kappa shape index (κ2) is 4.04. The van der Waals surface area contributed by atoms with Crippen LogP contribution in [0.25, 0.3) is 0 Å². The monoisotopic (exact) mass is 212 g/mol. The molecule has 1 aliphatic rings. The van der Waals surface area contributed by atoms with E-state index in [-0.39, 0.29) is 18.5 Å². The van der Waals surface area contributed by atoms with Gasteiger partial charge < -0.3 is 10.8 Å². The number of rotatable bonds is 2. The molecule has 0 aromatic carbocycles. The van der Waals surface area contributed by atoms with E-state index in [4.69, 9.17) is 10.8 Å². The molecule has 0 bridgehead atoms. The van der Waals surface area contributed by atoms with Gasteiger partial charge in [-0.15, -0.1) is 0 Å². The minimum absolute atomic E-state index is 0.0876. The molecule has 0 aliphatic carbocycles. The molecule has 6 heteroatoms. The smallest absolute Gasteiger partial charge is 0.382 e. The van der Waals surface area contributed by atoms with Gasteiger partial charge in [0.1, 0.15) is 0 Å². The Labute approximate surface area is 80.7 Å². The summed E-state index contributed by atoms with van der Waals surface area (Å²) in [6.07, 6.45) is -6.80. The lowest BCUT2D eigenvalue weighted by molar-refractivity contribution is -0.207. The molecule has 0 spiro atoms. The molecule has 1 heterocycles. The van der Waals surface area contributed by atoms with E-state index in [1.54, 1.807) is 4.90 Å². The summed E-state index contributed by atoms with van der Waals surface area (Å²) in [7, 11) is 0. The maximum Gasteiger partial charge on any atom is 0.415 e. The maximum absolute atomic E-state index is 12.0. The first-order valence-electron chi connectivity index (χ1n) is 4.53. The van der Waals surface area contributed by atoms with Crippen molar-refractivity contribution in [3.8, 4) is 0 Å². The Bertz CT molecular complexity index is 188. The molecule has 84 valence electrons. The van der Waals surface area contributed by atoms with Crippen LogP contribution in [0.3, 0.4) is 0 Å². The first-order valence-corrected chi connectivity index (χ1v) is 4.53. The van der Waals surface area contributed by atoms with Crippen LogP contribution in [0.5, 0.6) is 0 Å². The standard InChI is InChI=1S/C8H15F3N2O/c1-5-2-13(3-6(5)12)4-7(14)8(9,10)11/h5-7,14H,2-4,12H2,1H3. The summed E-state index contributed by atoms with van der Waals surface area (Å²) in [6.45, 7) is 2.47. The fourth-order valence-electron chi connectivity index (χ4n) is 1.59. The summed E-state index contributed by atoms with van der Waals surface area (Å²) < 4.78 is 36.0. The Kier molecular flexibility index (Phi) is 3.39. The molecule has 3 atom stereocenters. The average molecular weight is 212 g/mol. The lowest BCUT2D eigenvalue weighted by Gasteiger charge is -2.21. The van der Waals surface area contributed by atoms with Gasteiger partial charge in [-0.1, -0.05) is 6.92 Å². The largest absolute Gasteiger partial charge is 0.415 e. The number of alkyl halides is 3. The molecule has 0 saturated carbocycles. The first-order chi connectivity index (χ1) is 6.30. The predicted octanol–water partition coefficient (Wildman–Crippen LogP) is 0.189. The van der Waals surface area contributed by atoms with Crippen molar-refractivity contribution in [3.05, 3.63) is 0 Å². The third-order valence-corrected chi connectivity index (χ3v) is 2.56. The van der Waals surface area contributed by atoms with Crippen molar-refractivity contribution < 1.29 is 18.3 Å². The lowest BCUT2D eigenvalue weighted by atomic mass is 10.1. The van der Waals surface area contributed by atoms with Gasteiger partial charge in [0.05, 0.1) is 0 Å². The molecule has 1 aliphatic heterocycles. The molecule has 3 N–H and O–H groups in total. The normalized spacial score (nSPS) is 32.1. The third kappa shape index (κ3) is 2.83. The highest BCUT2D eigenvalue weighted by Crippen LogP contribution is 2.23. The number of aliphatic hydroxyl groups excluding tert-OH is 1. The van der Waals surface area contributed by atoms with E-state index in [9.17, 15) is 13.2 Å². The van der Waals surface area contributed by atoms with E-state index in [1.165, 1.54) is 0 Å². The molecule has 3 nitrogen and oxygen atoms in total. The van der Waals surface area contributed by atoms with Crippen molar-refractivity contribution in [1.29, 1.82) is 0 Å². The SMILES string of the molecule is CC1CN(CC(O)C(F)(F)F)CC1N. The van der Waals surface area contributed by atoms with Gasteiger partial charge in [0.25, 0.3) is 0 Å². The Morgan fingerprint density at radius 2 is 2.07 bits per heavy atom. The molecule has 14 heavy (non-hydrogen) atoms. The van der Waals surface area contributed by atoms with E-state index < -0.39 is 12.3 Å². The summed E-state index contributed by atoms with van der Waals surface area (Å²) in [5, 5.41) is 8.81. The molecule has 0 radical (unpaired) electrons. The summed E-state index contributed by atoms with van der Waals surface area (Å²) in [4.78, 5) is 1.55. The quantitative estimate of drug-likeness (QED) is 0.687. The number of hydrogen-bond donors (Lipinski definition) is 2. The van der Waals surface area contributed by atoms with Crippen LogP contribution in [0.15, 0.2) is 0 Å². The van der Waals surface area contributed by atoms with Crippen LogP contribution in [-0.4, -0.2) is 48.0 Å². The van der Waals surface area contributed by atoms with Gasteiger partial charge in [-0.25, -0.2) is 0 Å². The van der Waals surface area contributed by atoms with Crippen LogP contribution in [0, 0.1) is 5.92 Å². The topological polar surface area (TPSA) is 49.5 Å². The highest BCUT2D eigenvalue weighted by atomic mass is 19.4. The Balaban J connectivity index is 2.40. The summed E-state index contributed by atoms with van der Waals surface area (Å²) in [5.41, 5.74) is 5.65. The van der Waals surface area contributed by atoms with Crippen molar-refractivity contribution in [2.24, 2.45) is 11.7 Å². The van der Waals surface area contributed by atoms with Gasteiger partial charge in [-0.3, -0.25) is 4.90 Å². The molecule has 1 rings (SSSR count). The van der Waals surface area contributed by atoms with Crippen LogP contribution in [-0.2, 0) is 0 Å². The molecule has 1 fully saturated rings. The van der Waals surface area contributed by atoms with Crippen molar-refractivity contribution >= 4 is 0 Å². The molecular formula is C8H15F3N2O. The Morgan fingerprint density at radius 1 is 1.50 bits per heavy atom. The second-order valence-electron chi connectivity index (χ2n) is 3.92. The number of halogens is 3. The summed E-state index contributed by atoms with van der Waals surface area (Å²) in [6, 6.07) is -0.0876. The number of β-amino-alcohol motifs (C(OH)–C–C–N with tert-alkyl or cyclic N) is 1. The van der Waals surface area contributed by atoms with Crippen molar-refractivity contribution in [1.82, 2.24) is 4.90 Å². The van der Waals surface area contributed by atoms with Gasteiger partial charge in [0, 0.05) is 25.7 Å². The number of nitrogens with two attached hydrogens (primary N) is 1. The minimum Gasteiger partial charge on any atom is -0.382 e. The fraction of sp³-hybridized carbons (Fsp3) is 1.00. The molecule has 0 aromatic heterocycles. The molecule has 0 amide bonds. The van der Waals surface area contributed by atoms with Gasteiger partial charge >= 0.3 is 6.18 Å². The van der Waals surface area contributed by atoms with E-state index in [2.05, 4.69) is 0 Å². The van der Waals surface area contributed by atoms with E-state index in [0.29, 0.717) is 13.1 Å².